The van der Waals surface area contributed by atoms with E-state index in [9.17, 15) is 0 Å². The molecule has 2 rings (SSSR count). The molecule has 0 spiro atoms. The van der Waals surface area contributed by atoms with Gasteiger partial charge in [0.2, 0.25) is 0 Å². The van der Waals surface area contributed by atoms with Crippen LogP contribution in [-0.4, -0.2) is 0 Å². The monoisotopic (exact) mass is 323 g/mol. The Hall–Kier alpha value is -0.640. The van der Waals surface area contributed by atoms with Crippen molar-refractivity contribution in [2.24, 2.45) is 0 Å². The van der Waals surface area contributed by atoms with Crippen molar-refractivity contribution < 1.29 is 0 Å². The van der Waals surface area contributed by atoms with Gasteiger partial charge in [-0.05, 0) is 53.4 Å². The summed E-state index contributed by atoms with van der Waals surface area (Å²) in [6.07, 6.45) is 1.09. The van der Waals surface area contributed by atoms with Gasteiger partial charge < -0.3 is 5.32 Å². The molecule has 18 heavy (non-hydrogen) atoms. The van der Waals surface area contributed by atoms with Gasteiger partial charge in [0, 0.05) is 16.6 Å². The van der Waals surface area contributed by atoms with Gasteiger partial charge in [-0.3, -0.25) is 0 Å². The normalized spacial score (nSPS) is 14.4. The lowest BCUT2D eigenvalue weighted by atomic mass is 10.0. The predicted molar refractivity (Wildman–Crippen MR) is 83.0 cm³/mol. The highest BCUT2D eigenvalue weighted by Gasteiger charge is 2.13. The summed E-state index contributed by atoms with van der Waals surface area (Å²) in [6.45, 7) is 4.45. The molecule has 2 atom stereocenters. The van der Waals surface area contributed by atoms with Gasteiger partial charge in [0.25, 0.3) is 0 Å². The number of nitrogens with one attached hydrogen (secondary N) is 1. The molecule has 1 N–H and O–H groups in total. The average molecular weight is 324 g/mol. The van der Waals surface area contributed by atoms with Crippen LogP contribution in [0.15, 0.2) is 45.6 Å². The molecule has 3 heteroatoms. The van der Waals surface area contributed by atoms with Gasteiger partial charge in [-0.15, -0.1) is 0 Å². The van der Waals surface area contributed by atoms with Crippen LogP contribution >= 0.6 is 27.3 Å². The fourth-order valence-corrected chi connectivity index (χ4v) is 3.08. The second-order valence-corrected chi connectivity index (χ2v) is 6.15. The van der Waals surface area contributed by atoms with E-state index in [1.807, 2.05) is 0 Å². The molecule has 1 nitrogen and oxygen atoms in total. The number of hydrogen-bond acceptors (Lipinski definition) is 2. The van der Waals surface area contributed by atoms with Gasteiger partial charge in [0.1, 0.15) is 0 Å². The number of benzene rings is 1. The van der Waals surface area contributed by atoms with E-state index < -0.39 is 0 Å². The second-order valence-electron chi connectivity index (χ2n) is 4.46. The van der Waals surface area contributed by atoms with E-state index >= 15 is 0 Å². The minimum absolute atomic E-state index is 0.393. The molecular weight excluding hydrogens is 306 g/mol. The number of thiophene rings is 1. The van der Waals surface area contributed by atoms with E-state index in [1.54, 1.807) is 11.3 Å². The molecule has 0 saturated carbocycles. The second kappa shape index (κ2) is 6.50. The SMILES string of the molecule is CCC(NC(C)c1ccsc1)c1ccc(Br)cc1. The Labute approximate surface area is 121 Å². The van der Waals surface area contributed by atoms with E-state index in [0.717, 1.165) is 10.9 Å². The van der Waals surface area contributed by atoms with Crippen LogP contribution in [-0.2, 0) is 0 Å². The van der Waals surface area contributed by atoms with Gasteiger partial charge in [0.15, 0.2) is 0 Å². The first-order chi connectivity index (χ1) is 8.70. The maximum atomic E-state index is 3.70. The Balaban J connectivity index is 2.07. The largest absolute Gasteiger partial charge is 0.303 e. The number of hydrogen-bond donors (Lipinski definition) is 1. The highest BCUT2D eigenvalue weighted by Crippen LogP contribution is 2.24. The summed E-state index contributed by atoms with van der Waals surface area (Å²) in [5, 5.41) is 8.04. The molecule has 96 valence electrons. The summed E-state index contributed by atoms with van der Waals surface area (Å²) in [7, 11) is 0. The molecule has 2 aromatic rings. The van der Waals surface area contributed by atoms with Crippen molar-refractivity contribution in [2.75, 3.05) is 0 Å². The van der Waals surface area contributed by atoms with Crippen LogP contribution in [0.1, 0.15) is 43.5 Å². The Kier molecular flexibility index (Phi) is 4.98. The van der Waals surface area contributed by atoms with E-state index in [-0.39, 0.29) is 0 Å². The van der Waals surface area contributed by atoms with E-state index in [4.69, 9.17) is 0 Å². The first-order valence-corrected chi connectivity index (χ1v) is 7.98. The molecule has 1 heterocycles. The molecule has 0 aliphatic rings. The Bertz CT molecular complexity index is 464. The lowest BCUT2D eigenvalue weighted by Gasteiger charge is -2.22. The van der Waals surface area contributed by atoms with Crippen LogP contribution in [0.4, 0.5) is 0 Å². The minimum atomic E-state index is 0.393. The van der Waals surface area contributed by atoms with Crippen LogP contribution in [0.25, 0.3) is 0 Å². The third-order valence-electron chi connectivity index (χ3n) is 3.17. The summed E-state index contributed by atoms with van der Waals surface area (Å²) >= 11 is 5.23. The zero-order valence-corrected chi connectivity index (χ0v) is 13.1. The lowest BCUT2D eigenvalue weighted by molar-refractivity contribution is 0.457. The van der Waals surface area contributed by atoms with Crippen LogP contribution < -0.4 is 5.32 Å². The number of halogens is 1. The maximum absolute atomic E-state index is 3.70. The van der Waals surface area contributed by atoms with E-state index in [0.29, 0.717) is 12.1 Å². The third-order valence-corrected chi connectivity index (χ3v) is 4.41. The predicted octanol–water partition coefficient (Wildman–Crippen LogP) is 5.31. The summed E-state index contributed by atoms with van der Waals surface area (Å²) in [5.41, 5.74) is 2.72. The third kappa shape index (κ3) is 3.44. The van der Waals surface area contributed by atoms with Gasteiger partial charge in [-0.1, -0.05) is 35.0 Å². The molecule has 0 radical (unpaired) electrons. The van der Waals surface area contributed by atoms with Gasteiger partial charge in [0.05, 0.1) is 0 Å². The molecule has 1 aromatic heterocycles. The first-order valence-electron chi connectivity index (χ1n) is 6.24. The molecule has 2 unspecified atom stereocenters. The van der Waals surface area contributed by atoms with Crippen molar-refractivity contribution in [1.29, 1.82) is 0 Å². The molecule has 0 fully saturated rings. The molecule has 0 bridgehead atoms. The van der Waals surface area contributed by atoms with Crippen molar-refractivity contribution in [3.8, 4) is 0 Å². The van der Waals surface area contributed by atoms with Gasteiger partial charge in [-0.2, -0.15) is 11.3 Å². The summed E-state index contributed by atoms with van der Waals surface area (Å²) in [5.74, 6) is 0. The molecule has 0 aliphatic heterocycles. The Morgan fingerprint density at radius 3 is 2.44 bits per heavy atom. The summed E-state index contributed by atoms with van der Waals surface area (Å²) < 4.78 is 1.13. The standard InChI is InChI=1S/C15H18BrNS/c1-3-15(12-4-6-14(16)7-5-12)17-11(2)13-8-9-18-10-13/h4-11,15,17H,3H2,1-2H3. The maximum Gasteiger partial charge on any atom is 0.0323 e. The van der Waals surface area contributed by atoms with Crippen molar-refractivity contribution in [3.63, 3.8) is 0 Å². The van der Waals surface area contributed by atoms with Crippen molar-refractivity contribution >= 4 is 27.3 Å². The Morgan fingerprint density at radius 2 is 1.89 bits per heavy atom. The van der Waals surface area contributed by atoms with Gasteiger partial charge >= 0.3 is 0 Å². The molecule has 1 aromatic carbocycles. The zero-order chi connectivity index (χ0) is 13.0. The van der Waals surface area contributed by atoms with E-state index in [1.165, 1.54) is 11.1 Å². The minimum Gasteiger partial charge on any atom is -0.303 e. The van der Waals surface area contributed by atoms with Crippen LogP contribution in [0.2, 0.25) is 0 Å². The Morgan fingerprint density at radius 1 is 1.17 bits per heavy atom. The zero-order valence-electron chi connectivity index (χ0n) is 10.7. The molecule has 0 aliphatic carbocycles. The van der Waals surface area contributed by atoms with Crippen LogP contribution in [0, 0.1) is 0 Å². The first kappa shape index (κ1) is 13.8. The smallest absolute Gasteiger partial charge is 0.0323 e. The van der Waals surface area contributed by atoms with Crippen molar-refractivity contribution in [1.82, 2.24) is 5.32 Å². The van der Waals surface area contributed by atoms with Crippen LogP contribution in [0.3, 0.4) is 0 Å². The quantitative estimate of drug-likeness (QED) is 0.785. The molecule has 0 saturated heterocycles. The topological polar surface area (TPSA) is 12.0 Å². The van der Waals surface area contributed by atoms with Crippen LogP contribution in [0.5, 0.6) is 0 Å². The summed E-state index contributed by atoms with van der Waals surface area (Å²) in [4.78, 5) is 0. The van der Waals surface area contributed by atoms with Crippen molar-refractivity contribution in [3.05, 3.63) is 56.7 Å². The fraction of sp³-hybridized carbons (Fsp3) is 0.333. The highest BCUT2D eigenvalue weighted by atomic mass is 79.9. The average Bonchev–Trinajstić information content (AvgIpc) is 2.91. The summed E-state index contributed by atoms with van der Waals surface area (Å²) in [6, 6.07) is 11.6. The van der Waals surface area contributed by atoms with Crippen molar-refractivity contribution in [2.45, 2.75) is 32.4 Å². The lowest BCUT2D eigenvalue weighted by Crippen LogP contribution is -2.23. The molecule has 0 amide bonds. The highest BCUT2D eigenvalue weighted by molar-refractivity contribution is 9.10. The fourth-order valence-electron chi connectivity index (χ4n) is 2.06. The molecular formula is C15H18BrNS. The van der Waals surface area contributed by atoms with E-state index in [2.05, 4.69) is 76.2 Å². The van der Waals surface area contributed by atoms with Gasteiger partial charge in [-0.25, -0.2) is 0 Å². The number of rotatable bonds is 5.